The Morgan fingerprint density at radius 2 is 2.00 bits per heavy atom. The molecule has 0 saturated heterocycles. The molecule has 0 heterocycles. The molecule has 0 fully saturated rings. The first-order valence-electron chi connectivity index (χ1n) is 5.66. The van der Waals surface area contributed by atoms with Crippen LogP contribution in [-0.4, -0.2) is 30.6 Å². The molecule has 0 radical (unpaired) electrons. The number of hydrogen-bond acceptors (Lipinski definition) is 3. The molecular formula is C13H21O3P. The predicted octanol–water partition coefficient (Wildman–Crippen LogP) is 2.26. The van der Waals surface area contributed by atoms with Crippen molar-refractivity contribution in [2.45, 2.75) is 25.4 Å². The van der Waals surface area contributed by atoms with Crippen molar-refractivity contribution in [1.82, 2.24) is 0 Å². The zero-order valence-electron chi connectivity index (χ0n) is 10.7. The summed E-state index contributed by atoms with van der Waals surface area (Å²) in [4.78, 5) is 0. The quantitative estimate of drug-likeness (QED) is 0.793. The Morgan fingerprint density at radius 1 is 1.29 bits per heavy atom. The number of aliphatic hydroxyl groups excluding tert-OH is 1. The summed E-state index contributed by atoms with van der Waals surface area (Å²) in [6.07, 6.45) is 0.631. The van der Waals surface area contributed by atoms with Crippen molar-refractivity contribution in [3.63, 3.8) is 0 Å². The maximum absolute atomic E-state index is 8.89. The Kier molecular flexibility index (Phi) is 5.23. The average Bonchev–Trinajstić information content (AvgIpc) is 2.26. The lowest BCUT2D eigenvalue weighted by atomic mass is 10.1. The highest BCUT2D eigenvalue weighted by Crippen LogP contribution is 2.29. The molecule has 1 aromatic carbocycles. The van der Waals surface area contributed by atoms with Crippen LogP contribution in [0, 0.1) is 0 Å². The molecular weight excluding hydrogens is 235 g/mol. The number of hydrogen-bond donors (Lipinski definition) is 1. The first-order chi connectivity index (χ1) is 7.96. The fourth-order valence-corrected chi connectivity index (χ4v) is 1.46. The SMILES string of the molecule is COc1cc(CCO)ccc1OCC(C)(C)P. The van der Waals surface area contributed by atoms with Gasteiger partial charge in [-0.15, -0.1) is 9.24 Å². The van der Waals surface area contributed by atoms with Crippen LogP contribution in [0.3, 0.4) is 0 Å². The monoisotopic (exact) mass is 256 g/mol. The van der Waals surface area contributed by atoms with Crippen molar-refractivity contribution < 1.29 is 14.6 Å². The van der Waals surface area contributed by atoms with Crippen molar-refractivity contribution in [2.24, 2.45) is 0 Å². The Hall–Kier alpha value is -0.790. The minimum Gasteiger partial charge on any atom is -0.493 e. The fraction of sp³-hybridized carbons (Fsp3) is 0.538. The molecule has 3 nitrogen and oxygen atoms in total. The van der Waals surface area contributed by atoms with Crippen LogP contribution in [-0.2, 0) is 6.42 Å². The van der Waals surface area contributed by atoms with Gasteiger partial charge in [0, 0.05) is 11.8 Å². The van der Waals surface area contributed by atoms with Crippen molar-refractivity contribution in [3.8, 4) is 11.5 Å². The molecule has 0 saturated carbocycles. The maximum atomic E-state index is 8.89. The number of benzene rings is 1. The second-order valence-electron chi connectivity index (χ2n) is 4.74. The molecule has 17 heavy (non-hydrogen) atoms. The summed E-state index contributed by atoms with van der Waals surface area (Å²) in [5.41, 5.74) is 1.04. The second-order valence-corrected chi connectivity index (χ2v) is 6.30. The van der Waals surface area contributed by atoms with Gasteiger partial charge < -0.3 is 14.6 Å². The summed E-state index contributed by atoms with van der Waals surface area (Å²) in [5.74, 6) is 1.45. The summed E-state index contributed by atoms with van der Waals surface area (Å²) < 4.78 is 11.0. The van der Waals surface area contributed by atoms with Crippen molar-refractivity contribution in [1.29, 1.82) is 0 Å². The Labute approximate surface area is 105 Å². The molecule has 0 spiro atoms. The highest BCUT2D eigenvalue weighted by atomic mass is 31.0. The van der Waals surface area contributed by atoms with Crippen molar-refractivity contribution in [2.75, 3.05) is 20.3 Å². The molecule has 96 valence electrons. The van der Waals surface area contributed by atoms with E-state index in [0.717, 1.165) is 11.3 Å². The van der Waals surface area contributed by atoms with Gasteiger partial charge in [-0.1, -0.05) is 19.9 Å². The summed E-state index contributed by atoms with van der Waals surface area (Å²) >= 11 is 0. The summed E-state index contributed by atoms with van der Waals surface area (Å²) in [6.45, 7) is 4.92. The van der Waals surface area contributed by atoms with Gasteiger partial charge in [-0.2, -0.15) is 0 Å². The Bertz CT molecular complexity index is 358. The number of rotatable bonds is 6. The van der Waals surface area contributed by atoms with Gasteiger partial charge in [0.25, 0.3) is 0 Å². The molecule has 1 unspecified atom stereocenters. The van der Waals surface area contributed by atoms with Crippen LogP contribution in [0.4, 0.5) is 0 Å². The first-order valence-corrected chi connectivity index (χ1v) is 6.23. The van der Waals surface area contributed by atoms with E-state index >= 15 is 0 Å². The summed E-state index contributed by atoms with van der Waals surface area (Å²) in [6, 6.07) is 5.74. The lowest BCUT2D eigenvalue weighted by Crippen LogP contribution is -2.20. The van der Waals surface area contributed by atoms with E-state index in [1.165, 1.54) is 0 Å². The molecule has 0 amide bonds. The van der Waals surface area contributed by atoms with Crippen molar-refractivity contribution >= 4 is 9.24 Å². The molecule has 1 rings (SSSR count). The third kappa shape index (κ3) is 4.93. The van der Waals surface area contributed by atoms with Gasteiger partial charge in [0.1, 0.15) is 0 Å². The predicted molar refractivity (Wildman–Crippen MR) is 73.1 cm³/mol. The normalized spacial score (nSPS) is 11.4. The fourth-order valence-electron chi connectivity index (χ4n) is 1.38. The van der Waals surface area contributed by atoms with E-state index < -0.39 is 0 Å². The van der Waals surface area contributed by atoms with Gasteiger partial charge >= 0.3 is 0 Å². The minimum atomic E-state index is 0.0365. The second kappa shape index (κ2) is 6.23. The van der Waals surface area contributed by atoms with Crippen molar-refractivity contribution in [3.05, 3.63) is 23.8 Å². The molecule has 4 heteroatoms. The third-order valence-corrected chi connectivity index (χ3v) is 2.39. The Morgan fingerprint density at radius 3 is 2.53 bits per heavy atom. The van der Waals surface area contributed by atoms with Gasteiger partial charge in [-0.3, -0.25) is 0 Å². The van der Waals surface area contributed by atoms with E-state index in [9.17, 15) is 0 Å². The number of aliphatic hydroxyl groups is 1. The van der Waals surface area contributed by atoms with Crippen LogP contribution in [0.15, 0.2) is 18.2 Å². The Balaban J connectivity index is 2.78. The highest BCUT2D eigenvalue weighted by Gasteiger charge is 2.13. The molecule has 0 aliphatic rings. The minimum absolute atomic E-state index is 0.0365. The largest absolute Gasteiger partial charge is 0.493 e. The summed E-state index contributed by atoms with van der Waals surface area (Å²) in [7, 11) is 4.37. The van der Waals surface area contributed by atoms with Gasteiger partial charge in [-0.25, -0.2) is 0 Å². The van der Waals surface area contributed by atoms with E-state index in [4.69, 9.17) is 14.6 Å². The van der Waals surface area contributed by atoms with Crippen LogP contribution in [0.25, 0.3) is 0 Å². The molecule has 1 atom stereocenters. The number of ether oxygens (including phenoxy) is 2. The standard InChI is InChI=1S/C13H21O3P/c1-13(2,17)9-16-11-5-4-10(6-7-14)8-12(11)15-3/h4-5,8,14H,6-7,9,17H2,1-3H3. The van der Waals surface area contributed by atoms with E-state index in [2.05, 4.69) is 23.1 Å². The molecule has 0 aliphatic carbocycles. The van der Waals surface area contributed by atoms with E-state index in [-0.39, 0.29) is 11.8 Å². The van der Waals surface area contributed by atoms with Crippen LogP contribution in [0.1, 0.15) is 19.4 Å². The van der Waals surface area contributed by atoms with Gasteiger partial charge in [0.05, 0.1) is 13.7 Å². The van der Waals surface area contributed by atoms with Crippen LogP contribution < -0.4 is 9.47 Å². The van der Waals surface area contributed by atoms with Gasteiger partial charge in [-0.05, 0) is 24.1 Å². The van der Waals surface area contributed by atoms with Crippen LogP contribution >= 0.6 is 9.24 Å². The molecule has 1 N–H and O–H groups in total. The third-order valence-electron chi connectivity index (χ3n) is 2.23. The summed E-state index contributed by atoms with van der Waals surface area (Å²) in [5, 5.41) is 8.92. The smallest absolute Gasteiger partial charge is 0.161 e. The zero-order chi connectivity index (χ0) is 12.9. The molecule has 0 aliphatic heterocycles. The topological polar surface area (TPSA) is 38.7 Å². The van der Waals surface area contributed by atoms with E-state index in [0.29, 0.717) is 18.8 Å². The van der Waals surface area contributed by atoms with E-state index in [1.54, 1.807) is 7.11 Å². The molecule has 0 bridgehead atoms. The maximum Gasteiger partial charge on any atom is 0.161 e. The highest BCUT2D eigenvalue weighted by molar-refractivity contribution is 7.18. The van der Waals surface area contributed by atoms with E-state index in [1.807, 2.05) is 18.2 Å². The number of methoxy groups -OCH3 is 1. The van der Waals surface area contributed by atoms with Gasteiger partial charge in [0.2, 0.25) is 0 Å². The van der Waals surface area contributed by atoms with Gasteiger partial charge in [0.15, 0.2) is 11.5 Å². The molecule has 0 aromatic heterocycles. The lowest BCUT2D eigenvalue weighted by molar-refractivity contribution is 0.270. The van der Waals surface area contributed by atoms with Crippen LogP contribution in [0.5, 0.6) is 11.5 Å². The molecule has 1 aromatic rings. The first kappa shape index (κ1) is 14.3. The average molecular weight is 256 g/mol. The van der Waals surface area contributed by atoms with Crippen LogP contribution in [0.2, 0.25) is 0 Å². The lowest BCUT2D eigenvalue weighted by Gasteiger charge is -2.20. The zero-order valence-corrected chi connectivity index (χ0v) is 11.8.